The van der Waals surface area contributed by atoms with Gasteiger partial charge in [0.1, 0.15) is 11.9 Å². The molecule has 0 aliphatic heterocycles. The van der Waals surface area contributed by atoms with Crippen LogP contribution in [-0.4, -0.2) is 24.9 Å². The first-order valence-electron chi connectivity index (χ1n) is 6.89. The van der Waals surface area contributed by atoms with E-state index >= 15 is 0 Å². The Morgan fingerprint density at radius 2 is 2.20 bits per heavy atom. The average molecular weight is 270 g/mol. The number of rotatable bonds is 4. The van der Waals surface area contributed by atoms with Crippen LogP contribution >= 0.6 is 0 Å². The Bertz CT molecular complexity index is 726. The Morgan fingerprint density at radius 1 is 1.35 bits per heavy atom. The minimum atomic E-state index is -0.587. The number of aliphatic hydroxyl groups is 1. The van der Waals surface area contributed by atoms with Crippen LogP contribution in [0, 0.1) is 0 Å². The van der Waals surface area contributed by atoms with Crippen LogP contribution in [-0.2, 0) is 6.54 Å². The Balaban J connectivity index is 2.05. The maximum absolute atomic E-state index is 9.58. The second kappa shape index (κ2) is 5.09. The van der Waals surface area contributed by atoms with Crippen LogP contribution in [0.1, 0.15) is 32.2 Å². The molecule has 3 aromatic rings. The van der Waals surface area contributed by atoms with Gasteiger partial charge in [-0.2, -0.15) is 5.10 Å². The fourth-order valence-electron chi connectivity index (χ4n) is 2.35. The van der Waals surface area contributed by atoms with E-state index in [1.807, 2.05) is 29.1 Å². The third kappa shape index (κ3) is 2.20. The lowest BCUT2D eigenvalue weighted by molar-refractivity contribution is 0.190. The summed E-state index contributed by atoms with van der Waals surface area (Å²) in [5, 5.41) is 13.9. The molecule has 2 heterocycles. The van der Waals surface area contributed by atoms with Gasteiger partial charge in [-0.05, 0) is 31.5 Å². The van der Waals surface area contributed by atoms with Gasteiger partial charge >= 0.3 is 0 Å². The second-order valence-electron chi connectivity index (χ2n) is 4.97. The van der Waals surface area contributed by atoms with E-state index in [0.29, 0.717) is 5.82 Å². The van der Waals surface area contributed by atoms with E-state index in [9.17, 15) is 5.11 Å². The largest absolute Gasteiger partial charge is 0.385 e. The van der Waals surface area contributed by atoms with Crippen molar-refractivity contribution in [2.45, 2.75) is 32.9 Å². The monoisotopic (exact) mass is 270 g/mol. The third-order valence-electron chi connectivity index (χ3n) is 3.34. The summed E-state index contributed by atoms with van der Waals surface area (Å²) in [5.74, 6) is 0.596. The number of aliphatic hydroxyl groups excluding tert-OH is 1. The van der Waals surface area contributed by atoms with E-state index < -0.39 is 6.10 Å². The number of aromatic amines is 1. The Labute approximate surface area is 117 Å². The normalized spacial score (nSPS) is 12.9. The second-order valence-corrected chi connectivity index (χ2v) is 4.97. The molecule has 20 heavy (non-hydrogen) atoms. The summed E-state index contributed by atoms with van der Waals surface area (Å²) in [6.07, 6.45) is 2.28. The molecule has 0 aliphatic rings. The van der Waals surface area contributed by atoms with Gasteiger partial charge in [-0.1, -0.05) is 13.0 Å². The standard InChI is InChI=1S/C15H18N4O/c1-3-8-19-14(6-7-16-19)11-4-5-12-13(9-11)18-15(17-12)10(2)20/h4-7,9-10,20H,3,8H2,1-2H3,(H,17,18)/t10-/m0/s1. The molecule has 3 rings (SSSR count). The molecule has 0 bridgehead atoms. The highest BCUT2D eigenvalue weighted by Crippen LogP contribution is 2.24. The van der Waals surface area contributed by atoms with E-state index in [2.05, 4.69) is 28.1 Å². The summed E-state index contributed by atoms with van der Waals surface area (Å²) in [5.41, 5.74) is 4.00. The van der Waals surface area contributed by atoms with Crippen molar-refractivity contribution in [2.75, 3.05) is 0 Å². The molecule has 5 heteroatoms. The predicted octanol–water partition coefficient (Wildman–Crippen LogP) is 2.89. The van der Waals surface area contributed by atoms with Crippen LogP contribution in [0.15, 0.2) is 30.5 Å². The Morgan fingerprint density at radius 3 is 2.95 bits per heavy atom. The molecule has 0 aliphatic carbocycles. The topological polar surface area (TPSA) is 66.7 Å². The number of aromatic nitrogens is 4. The Hall–Kier alpha value is -2.14. The number of nitrogens with one attached hydrogen (secondary N) is 1. The summed E-state index contributed by atoms with van der Waals surface area (Å²) in [4.78, 5) is 7.52. The van der Waals surface area contributed by atoms with Gasteiger partial charge in [0.05, 0.1) is 16.7 Å². The average Bonchev–Trinajstić information content (AvgIpc) is 3.04. The summed E-state index contributed by atoms with van der Waals surface area (Å²) in [7, 11) is 0. The van der Waals surface area contributed by atoms with Crippen molar-refractivity contribution in [3.05, 3.63) is 36.3 Å². The number of aryl methyl sites for hydroxylation is 1. The molecule has 0 spiro atoms. The van der Waals surface area contributed by atoms with Crippen molar-refractivity contribution < 1.29 is 5.11 Å². The van der Waals surface area contributed by atoms with Crippen LogP contribution in [0.3, 0.4) is 0 Å². The van der Waals surface area contributed by atoms with E-state index in [0.717, 1.165) is 35.3 Å². The molecule has 0 radical (unpaired) electrons. The van der Waals surface area contributed by atoms with Gasteiger partial charge < -0.3 is 10.1 Å². The highest BCUT2D eigenvalue weighted by Gasteiger charge is 2.10. The van der Waals surface area contributed by atoms with E-state index in [1.54, 1.807) is 6.92 Å². The van der Waals surface area contributed by atoms with E-state index in [1.165, 1.54) is 0 Å². The zero-order chi connectivity index (χ0) is 14.1. The van der Waals surface area contributed by atoms with Crippen molar-refractivity contribution in [1.82, 2.24) is 19.7 Å². The first kappa shape index (κ1) is 12.9. The molecule has 0 saturated carbocycles. The lowest BCUT2D eigenvalue weighted by Gasteiger charge is -2.06. The Kier molecular flexibility index (Phi) is 3.28. The van der Waals surface area contributed by atoms with Gasteiger partial charge in [-0.15, -0.1) is 0 Å². The van der Waals surface area contributed by atoms with E-state index in [-0.39, 0.29) is 0 Å². The SMILES string of the molecule is CCCn1nccc1-c1ccc2nc([C@H](C)O)[nH]c2c1. The lowest BCUT2D eigenvalue weighted by atomic mass is 10.1. The van der Waals surface area contributed by atoms with Gasteiger partial charge in [-0.25, -0.2) is 4.98 Å². The first-order chi connectivity index (χ1) is 9.69. The van der Waals surface area contributed by atoms with Gasteiger partial charge in [0.25, 0.3) is 0 Å². The number of hydrogen-bond donors (Lipinski definition) is 2. The molecule has 1 aromatic carbocycles. The fraction of sp³-hybridized carbons (Fsp3) is 0.333. The number of benzene rings is 1. The third-order valence-corrected chi connectivity index (χ3v) is 3.34. The predicted molar refractivity (Wildman–Crippen MR) is 78.2 cm³/mol. The van der Waals surface area contributed by atoms with Crippen LogP contribution in [0.25, 0.3) is 22.3 Å². The molecule has 0 saturated heterocycles. The van der Waals surface area contributed by atoms with Gasteiger partial charge in [0, 0.05) is 18.3 Å². The summed E-state index contributed by atoms with van der Waals surface area (Å²) >= 11 is 0. The van der Waals surface area contributed by atoms with Crippen LogP contribution in [0.4, 0.5) is 0 Å². The van der Waals surface area contributed by atoms with Crippen LogP contribution in [0.2, 0.25) is 0 Å². The molecule has 0 amide bonds. The molecule has 104 valence electrons. The van der Waals surface area contributed by atoms with Gasteiger partial charge in [0.2, 0.25) is 0 Å². The molecule has 2 aromatic heterocycles. The number of hydrogen-bond acceptors (Lipinski definition) is 3. The highest BCUT2D eigenvalue weighted by molar-refractivity contribution is 5.81. The summed E-state index contributed by atoms with van der Waals surface area (Å²) in [6.45, 7) is 4.75. The molecule has 0 fully saturated rings. The number of imidazole rings is 1. The molecule has 2 N–H and O–H groups in total. The molecule has 5 nitrogen and oxygen atoms in total. The highest BCUT2D eigenvalue weighted by atomic mass is 16.3. The maximum atomic E-state index is 9.58. The quantitative estimate of drug-likeness (QED) is 0.766. The summed E-state index contributed by atoms with van der Waals surface area (Å²) in [6, 6.07) is 8.08. The zero-order valence-corrected chi connectivity index (χ0v) is 11.7. The van der Waals surface area contributed by atoms with Crippen molar-refractivity contribution in [1.29, 1.82) is 0 Å². The maximum Gasteiger partial charge on any atom is 0.135 e. The van der Waals surface area contributed by atoms with Crippen molar-refractivity contribution in [3.63, 3.8) is 0 Å². The van der Waals surface area contributed by atoms with E-state index in [4.69, 9.17) is 0 Å². The van der Waals surface area contributed by atoms with Gasteiger partial charge in [0.15, 0.2) is 0 Å². The smallest absolute Gasteiger partial charge is 0.135 e. The van der Waals surface area contributed by atoms with Crippen LogP contribution < -0.4 is 0 Å². The molecular formula is C15H18N4O. The lowest BCUT2D eigenvalue weighted by Crippen LogP contribution is -2.00. The fourth-order valence-corrected chi connectivity index (χ4v) is 2.35. The van der Waals surface area contributed by atoms with Crippen molar-refractivity contribution >= 4 is 11.0 Å². The number of nitrogens with zero attached hydrogens (tertiary/aromatic N) is 3. The van der Waals surface area contributed by atoms with Crippen molar-refractivity contribution in [3.8, 4) is 11.3 Å². The molecule has 0 unspecified atom stereocenters. The first-order valence-corrected chi connectivity index (χ1v) is 6.89. The van der Waals surface area contributed by atoms with Crippen LogP contribution in [0.5, 0.6) is 0 Å². The number of H-pyrrole nitrogens is 1. The zero-order valence-electron chi connectivity index (χ0n) is 11.7. The minimum Gasteiger partial charge on any atom is -0.385 e. The summed E-state index contributed by atoms with van der Waals surface area (Å²) < 4.78 is 2.01. The molecular weight excluding hydrogens is 252 g/mol. The number of fused-ring (bicyclic) bond motifs is 1. The van der Waals surface area contributed by atoms with Crippen molar-refractivity contribution in [2.24, 2.45) is 0 Å². The minimum absolute atomic E-state index is 0.587. The molecule has 1 atom stereocenters. The van der Waals surface area contributed by atoms with Gasteiger partial charge in [-0.3, -0.25) is 4.68 Å².